The Kier molecular flexibility index (Phi) is 10.0. The zero-order valence-corrected chi connectivity index (χ0v) is 16.9. The van der Waals surface area contributed by atoms with Gasteiger partial charge in [0.1, 0.15) is 12.0 Å². The van der Waals surface area contributed by atoms with Gasteiger partial charge in [-0.15, -0.1) is 0 Å². The van der Waals surface area contributed by atoms with Crippen molar-refractivity contribution in [3.05, 3.63) is 78.4 Å². The third-order valence-electron chi connectivity index (χ3n) is 3.77. The largest absolute Gasteiger partial charge is 0.497 e. The summed E-state index contributed by atoms with van der Waals surface area (Å²) in [5, 5.41) is 0. The first-order valence-electron chi connectivity index (χ1n) is 9.04. The lowest BCUT2D eigenvalue weighted by Gasteiger charge is -2.07. The minimum atomic E-state index is -0.320. The molecule has 0 aromatic heterocycles. The first-order valence-corrected chi connectivity index (χ1v) is 9.04. The van der Waals surface area contributed by atoms with E-state index >= 15 is 0 Å². The third kappa shape index (κ3) is 8.49. The molecule has 0 heterocycles. The van der Waals surface area contributed by atoms with Crippen molar-refractivity contribution in [1.29, 1.82) is 0 Å². The van der Waals surface area contributed by atoms with Crippen LogP contribution in [0.1, 0.15) is 25.8 Å². The van der Waals surface area contributed by atoms with Crippen molar-refractivity contribution in [2.24, 2.45) is 0 Å². The average molecular weight is 380 g/mol. The Morgan fingerprint density at radius 1 is 0.964 bits per heavy atom. The van der Waals surface area contributed by atoms with Gasteiger partial charge in [-0.05, 0) is 61.1 Å². The summed E-state index contributed by atoms with van der Waals surface area (Å²) in [6.07, 6.45) is 2.41. The average Bonchev–Trinajstić information content (AvgIpc) is 2.72. The van der Waals surface area contributed by atoms with E-state index in [4.69, 9.17) is 9.47 Å². The summed E-state index contributed by atoms with van der Waals surface area (Å²) < 4.78 is 10.3. The minimum absolute atomic E-state index is 0.320. The van der Waals surface area contributed by atoms with Crippen LogP contribution in [0.2, 0.25) is 0 Å². The molecule has 0 fully saturated rings. The number of carbonyl (C=O) groups excluding carboxylic acids is 2. The van der Waals surface area contributed by atoms with E-state index in [2.05, 4.69) is 37.4 Å². The number of esters is 1. The van der Waals surface area contributed by atoms with E-state index in [0.29, 0.717) is 17.8 Å². The Morgan fingerprint density at radius 3 is 1.89 bits per heavy atom. The quantitative estimate of drug-likeness (QED) is 0.274. The van der Waals surface area contributed by atoms with Gasteiger partial charge in [0.2, 0.25) is 0 Å². The maximum Gasteiger partial charge on any atom is 0.333 e. The fraction of sp³-hybridized carbons (Fsp3) is 0.250. The zero-order chi connectivity index (χ0) is 20.9. The van der Waals surface area contributed by atoms with Crippen LogP contribution in [0, 0.1) is 0 Å². The number of aryl methyl sites for hydroxylation is 1. The van der Waals surface area contributed by atoms with Gasteiger partial charge in [0.15, 0.2) is 0 Å². The first-order chi connectivity index (χ1) is 13.4. The van der Waals surface area contributed by atoms with Gasteiger partial charge in [0.25, 0.3) is 0 Å². The molecule has 0 aliphatic rings. The Balaban J connectivity index is 0.000000696. The van der Waals surface area contributed by atoms with Gasteiger partial charge >= 0.3 is 5.97 Å². The summed E-state index contributed by atoms with van der Waals surface area (Å²) in [6.45, 7) is 10.6. The van der Waals surface area contributed by atoms with E-state index in [0.717, 1.165) is 30.4 Å². The second kappa shape index (κ2) is 12.3. The standard InChI is InChI=1S/C20H22O3.C4H6O/c1-15(2)20(21)23-14-4-5-16-6-8-17(9-7-16)18-10-12-19(22-3)13-11-18;1-4(2)3-5/h6-13H,1,4-5,14H2,2-3H3;3H,1H2,2H3. The number of ether oxygens (including phenoxy) is 2. The number of allylic oxidation sites excluding steroid dienone is 1. The summed E-state index contributed by atoms with van der Waals surface area (Å²) in [4.78, 5) is 20.7. The van der Waals surface area contributed by atoms with Gasteiger partial charge < -0.3 is 9.47 Å². The molecule has 4 nitrogen and oxygen atoms in total. The predicted octanol–water partition coefficient (Wildman–Crippen LogP) is 5.18. The lowest BCUT2D eigenvalue weighted by molar-refractivity contribution is -0.139. The summed E-state index contributed by atoms with van der Waals surface area (Å²) in [5.74, 6) is 0.537. The first kappa shape index (κ1) is 22.9. The van der Waals surface area contributed by atoms with Gasteiger partial charge in [-0.25, -0.2) is 4.79 Å². The highest BCUT2D eigenvalue weighted by atomic mass is 16.5. The normalized spacial score (nSPS) is 9.54. The Morgan fingerprint density at radius 2 is 1.46 bits per heavy atom. The van der Waals surface area contributed by atoms with Crippen LogP contribution in [0.3, 0.4) is 0 Å². The zero-order valence-electron chi connectivity index (χ0n) is 16.9. The van der Waals surface area contributed by atoms with E-state index < -0.39 is 0 Å². The molecule has 0 amide bonds. The molecule has 0 bridgehead atoms. The highest BCUT2D eigenvalue weighted by molar-refractivity contribution is 5.86. The molecule has 0 aliphatic heterocycles. The molecule has 0 unspecified atom stereocenters. The summed E-state index contributed by atoms with van der Waals surface area (Å²) >= 11 is 0. The van der Waals surface area contributed by atoms with Crippen LogP contribution >= 0.6 is 0 Å². The highest BCUT2D eigenvalue weighted by Gasteiger charge is 2.03. The number of hydrogen-bond acceptors (Lipinski definition) is 4. The van der Waals surface area contributed by atoms with Crippen LogP contribution in [0.25, 0.3) is 11.1 Å². The van der Waals surface area contributed by atoms with Crippen LogP contribution in [-0.2, 0) is 20.7 Å². The van der Waals surface area contributed by atoms with Gasteiger partial charge in [-0.1, -0.05) is 49.6 Å². The molecule has 2 aromatic carbocycles. The third-order valence-corrected chi connectivity index (χ3v) is 3.77. The second-order valence-corrected chi connectivity index (χ2v) is 6.41. The molecule has 2 rings (SSSR count). The maximum atomic E-state index is 11.3. The van der Waals surface area contributed by atoms with Crippen LogP contribution in [0.5, 0.6) is 5.75 Å². The van der Waals surface area contributed by atoms with E-state index in [9.17, 15) is 9.59 Å². The van der Waals surface area contributed by atoms with Crippen molar-refractivity contribution in [2.75, 3.05) is 13.7 Å². The molecule has 0 saturated heterocycles. The SMILES string of the molecule is C=C(C)C(=O)OCCCc1ccc(-c2ccc(OC)cc2)cc1.C=C(C)C=O. The molecule has 0 saturated carbocycles. The van der Waals surface area contributed by atoms with Gasteiger partial charge in [-0.2, -0.15) is 0 Å². The number of rotatable bonds is 8. The van der Waals surface area contributed by atoms with E-state index in [1.54, 1.807) is 21.0 Å². The van der Waals surface area contributed by atoms with Crippen molar-refractivity contribution >= 4 is 12.3 Å². The van der Waals surface area contributed by atoms with Gasteiger partial charge in [0.05, 0.1) is 13.7 Å². The summed E-state index contributed by atoms with van der Waals surface area (Å²) in [6, 6.07) is 16.4. The molecule has 0 spiro atoms. The Hall–Kier alpha value is -3.14. The monoisotopic (exact) mass is 380 g/mol. The number of aldehydes is 1. The second-order valence-electron chi connectivity index (χ2n) is 6.41. The fourth-order valence-corrected chi connectivity index (χ4v) is 2.21. The van der Waals surface area contributed by atoms with Crippen molar-refractivity contribution in [3.63, 3.8) is 0 Å². The highest BCUT2D eigenvalue weighted by Crippen LogP contribution is 2.23. The molecular weight excluding hydrogens is 352 g/mol. The number of benzene rings is 2. The van der Waals surface area contributed by atoms with E-state index in [1.807, 2.05) is 24.3 Å². The summed E-state index contributed by atoms with van der Waals surface area (Å²) in [5.41, 5.74) is 4.57. The molecule has 0 radical (unpaired) electrons. The van der Waals surface area contributed by atoms with Crippen molar-refractivity contribution in [3.8, 4) is 16.9 Å². The minimum Gasteiger partial charge on any atom is -0.497 e. The van der Waals surface area contributed by atoms with E-state index in [-0.39, 0.29) is 5.97 Å². The molecule has 2 aromatic rings. The number of carbonyl (C=O) groups is 2. The summed E-state index contributed by atoms with van der Waals surface area (Å²) in [7, 11) is 1.66. The molecule has 0 N–H and O–H groups in total. The maximum absolute atomic E-state index is 11.3. The Labute approximate surface area is 167 Å². The molecule has 0 aliphatic carbocycles. The molecule has 28 heavy (non-hydrogen) atoms. The molecular formula is C24H28O4. The fourth-order valence-electron chi connectivity index (χ4n) is 2.21. The number of hydrogen-bond donors (Lipinski definition) is 0. The van der Waals surface area contributed by atoms with Crippen LogP contribution in [0.4, 0.5) is 0 Å². The smallest absolute Gasteiger partial charge is 0.333 e. The number of methoxy groups -OCH3 is 1. The van der Waals surface area contributed by atoms with Crippen LogP contribution in [-0.4, -0.2) is 26.0 Å². The van der Waals surface area contributed by atoms with Gasteiger partial charge in [-0.3, -0.25) is 4.79 Å². The van der Waals surface area contributed by atoms with Crippen LogP contribution < -0.4 is 4.74 Å². The van der Waals surface area contributed by atoms with Crippen molar-refractivity contribution in [2.45, 2.75) is 26.7 Å². The molecule has 4 heteroatoms. The van der Waals surface area contributed by atoms with Crippen molar-refractivity contribution < 1.29 is 19.1 Å². The Bertz CT molecular complexity index is 786. The topological polar surface area (TPSA) is 52.6 Å². The van der Waals surface area contributed by atoms with Crippen LogP contribution in [0.15, 0.2) is 72.8 Å². The molecule has 148 valence electrons. The lowest BCUT2D eigenvalue weighted by Crippen LogP contribution is -2.06. The van der Waals surface area contributed by atoms with Gasteiger partial charge in [0, 0.05) is 5.57 Å². The van der Waals surface area contributed by atoms with E-state index in [1.165, 1.54) is 11.1 Å². The lowest BCUT2D eigenvalue weighted by atomic mass is 10.0. The predicted molar refractivity (Wildman–Crippen MR) is 113 cm³/mol. The van der Waals surface area contributed by atoms with Crippen molar-refractivity contribution in [1.82, 2.24) is 0 Å². The molecule has 0 atom stereocenters.